The van der Waals surface area contributed by atoms with Crippen molar-refractivity contribution in [2.75, 3.05) is 18.5 Å². The third-order valence-electron chi connectivity index (χ3n) is 4.63. The molecule has 5 N–H and O–H groups in total. The predicted molar refractivity (Wildman–Crippen MR) is 113 cm³/mol. The first-order chi connectivity index (χ1) is 13.7. The lowest BCUT2D eigenvalue weighted by atomic mass is 10.1. The summed E-state index contributed by atoms with van der Waals surface area (Å²) in [5.74, 6) is 7.84. The Morgan fingerprint density at radius 3 is 2.75 bits per heavy atom. The normalized spacial score (nSPS) is 13.8. The maximum absolute atomic E-state index is 5.86. The fourth-order valence-corrected chi connectivity index (χ4v) is 4.22. The quantitative estimate of drug-likeness (QED) is 0.213. The van der Waals surface area contributed by atoms with Gasteiger partial charge in [-0.15, -0.1) is 11.3 Å². The second-order valence-corrected chi connectivity index (χ2v) is 7.27. The molecule has 0 fully saturated rings. The summed E-state index contributed by atoms with van der Waals surface area (Å²) in [6, 6.07) is 13.6. The predicted octanol–water partition coefficient (Wildman–Crippen LogP) is 3.54. The number of hydrazone groups is 1. The number of ether oxygens (including phenoxy) is 2. The molecule has 0 aliphatic carbocycles. The van der Waals surface area contributed by atoms with E-state index in [1.165, 1.54) is 0 Å². The number of fused-ring (bicyclic) bond motifs is 4. The van der Waals surface area contributed by atoms with Crippen LogP contribution in [0.4, 0.5) is 11.5 Å². The van der Waals surface area contributed by atoms with Crippen molar-refractivity contribution in [1.82, 2.24) is 4.98 Å². The number of anilines is 2. The van der Waals surface area contributed by atoms with E-state index in [1.807, 2.05) is 36.4 Å². The minimum Gasteiger partial charge on any atom is -0.486 e. The van der Waals surface area contributed by atoms with Gasteiger partial charge in [0.2, 0.25) is 0 Å². The van der Waals surface area contributed by atoms with Crippen molar-refractivity contribution in [2.45, 2.75) is 0 Å². The van der Waals surface area contributed by atoms with Crippen LogP contribution in [-0.2, 0) is 0 Å². The van der Waals surface area contributed by atoms with Gasteiger partial charge in [-0.25, -0.2) is 4.98 Å². The van der Waals surface area contributed by atoms with Crippen LogP contribution in [0.2, 0.25) is 0 Å². The van der Waals surface area contributed by atoms with Crippen LogP contribution in [0.15, 0.2) is 52.9 Å². The molecule has 2 aromatic heterocycles. The Labute approximate surface area is 164 Å². The van der Waals surface area contributed by atoms with Crippen molar-refractivity contribution >= 4 is 49.7 Å². The number of pyridine rings is 1. The van der Waals surface area contributed by atoms with E-state index in [0.29, 0.717) is 13.2 Å². The molecule has 3 heterocycles. The first-order valence-electron chi connectivity index (χ1n) is 8.74. The van der Waals surface area contributed by atoms with Crippen LogP contribution < -0.4 is 26.4 Å². The summed E-state index contributed by atoms with van der Waals surface area (Å²) in [7, 11) is 0. The molecular weight excluding hydrogens is 374 g/mol. The van der Waals surface area contributed by atoms with Gasteiger partial charge in [-0.3, -0.25) is 0 Å². The molecule has 0 saturated heterocycles. The minimum absolute atomic E-state index is 0.274. The largest absolute Gasteiger partial charge is 0.486 e. The molecule has 7 nitrogen and oxygen atoms in total. The second-order valence-electron chi connectivity index (χ2n) is 6.35. The highest BCUT2D eigenvalue weighted by atomic mass is 32.1. The van der Waals surface area contributed by atoms with E-state index in [9.17, 15) is 0 Å². The topological polar surface area (TPSA) is 108 Å². The number of hydrogen-bond donors (Lipinski definition) is 3. The number of thiophene rings is 1. The highest BCUT2D eigenvalue weighted by Crippen LogP contribution is 2.37. The highest BCUT2D eigenvalue weighted by Gasteiger charge is 2.14. The van der Waals surface area contributed by atoms with Crippen LogP contribution >= 0.6 is 11.3 Å². The van der Waals surface area contributed by atoms with E-state index in [0.717, 1.165) is 49.6 Å². The standard InChI is InChI=1S/C20H17N5O2S/c21-19(25-22)11-1-3-13-15(9-11)24-20(14-5-8-28-18(13)14)23-12-2-4-16-17(10-12)27-7-6-26-16/h1-5,8-10H,6-7,22H2,(H2,21,25)(H,23,24). The van der Waals surface area contributed by atoms with Crippen molar-refractivity contribution < 1.29 is 9.47 Å². The molecule has 0 spiro atoms. The number of nitrogens with two attached hydrogens (primary N) is 2. The van der Waals surface area contributed by atoms with Crippen molar-refractivity contribution in [3.63, 3.8) is 0 Å². The number of amidine groups is 1. The van der Waals surface area contributed by atoms with Crippen LogP contribution in [0.3, 0.4) is 0 Å². The molecule has 8 heteroatoms. The van der Waals surface area contributed by atoms with Crippen LogP contribution in [0.25, 0.3) is 21.0 Å². The van der Waals surface area contributed by atoms with Gasteiger partial charge in [-0.05, 0) is 29.6 Å². The van der Waals surface area contributed by atoms with E-state index in [4.69, 9.17) is 26.0 Å². The molecule has 0 amide bonds. The Kier molecular flexibility index (Phi) is 3.91. The smallest absolute Gasteiger partial charge is 0.163 e. The SMILES string of the molecule is N/N=C(\N)c1ccc2c(c1)nc(Nc1ccc3c(c1)OCCO3)c1ccsc12. The molecule has 140 valence electrons. The van der Waals surface area contributed by atoms with Crippen molar-refractivity contribution in [3.8, 4) is 11.5 Å². The molecule has 28 heavy (non-hydrogen) atoms. The molecule has 0 saturated carbocycles. The van der Waals surface area contributed by atoms with Crippen LogP contribution in [0.5, 0.6) is 11.5 Å². The fourth-order valence-electron chi connectivity index (χ4n) is 3.29. The summed E-state index contributed by atoms with van der Waals surface area (Å²) in [6.45, 7) is 1.12. The molecule has 5 rings (SSSR count). The van der Waals surface area contributed by atoms with Gasteiger partial charge in [0.25, 0.3) is 0 Å². The molecule has 0 radical (unpaired) electrons. The number of aromatic nitrogens is 1. The zero-order chi connectivity index (χ0) is 19.1. The number of hydrogen-bond acceptors (Lipinski definition) is 7. The van der Waals surface area contributed by atoms with Gasteiger partial charge in [0.1, 0.15) is 24.9 Å². The summed E-state index contributed by atoms with van der Waals surface area (Å²) in [6.07, 6.45) is 0. The lowest BCUT2D eigenvalue weighted by Gasteiger charge is -2.19. The second kappa shape index (κ2) is 6.58. The Morgan fingerprint density at radius 1 is 1.04 bits per heavy atom. The zero-order valence-electron chi connectivity index (χ0n) is 14.8. The van der Waals surface area contributed by atoms with Gasteiger partial charge in [0.15, 0.2) is 11.5 Å². The number of nitrogens with zero attached hydrogens (tertiary/aromatic N) is 2. The summed E-state index contributed by atoms with van der Waals surface area (Å²) < 4.78 is 12.4. The molecule has 4 aromatic rings. The van der Waals surface area contributed by atoms with Crippen LogP contribution in [0, 0.1) is 0 Å². The third kappa shape index (κ3) is 2.74. The first-order valence-corrected chi connectivity index (χ1v) is 9.62. The molecular formula is C20H17N5O2S. The van der Waals surface area contributed by atoms with E-state index >= 15 is 0 Å². The molecule has 0 atom stereocenters. The highest BCUT2D eigenvalue weighted by molar-refractivity contribution is 7.18. The Morgan fingerprint density at radius 2 is 1.89 bits per heavy atom. The van der Waals surface area contributed by atoms with E-state index in [1.54, 1.807) is 11.3 Å². The average molecular weight is 391 g/mol. The van der Waals surface area contributed by atoms with Crippen molar-refractivity contribution in [2.24, 2.45) is 16.7 Å². The molecule has 1 aliphatic rings. The van der Waals surface area contributed by atoms with Gasteiger partial charge >= 0.3 is 0 Å². The summed E-state index contributed by atoms with van der Waals surface area (Å²) in [5, 5.41) is 11.2. The van der Waals surface area contributed by atoms with E-state index in [2.05, 4.69) is 21.9 Å². The van der Waals surface area contributed by atoms with Gasteiger partial charge in [0.05, 0.1) is 5.52 Å². The molecule has 2 aromatic carbocycles. The maximum Gasteiger partial charge on any atom is 0.163 e. The van der Waals surface area contributed by atoms with Crippen molar-refractivity contribution in [3.05, 3.63) is 53.4 Å². The molecule has 1 aliphatic heterocycles. The van der Waals surface area contributed by atoms with Crippen molar-refractivity contribution in [1.29, 1.82) is 0 Å². The lowest BCUT2D eigenvalue weighted by Crippen LogP contribution is -2.15. The Bertz CT molecular complexity index is 1230. The summed E-state index contributed by atoms with van der Waals surface area (Å²) in [5.41, 5.74) is 8.30. The Hall–Kier alpha value is -3.52. The maximum atomic E-state index is 5.86. The van der Waals surface area contributed by atoms with Gasteiger partial charge in [-0.1, -0.05) is 12.1 Å². The Balaban J connectivity index is 1.62. The zero-order valence-corrected chi connectivity index (χ0v) is 15.6. The molecule has 0 bridgehead atoms. The van der Waals surface area contributed by atoms with Gasteiger partial charge in [-0.2, -0.15) is 5.10 Å². The summed E-state index contributed by atoms with van der Waals surface area (Å²) >= 11 is 1.67. The fraction of sp³-hybridized carbons (Fsp3) is 0.100. The van der Waals surface area contributed by atoms with Gasteiger partial charge in [0, 0.05) is 32.8 Å². The van der Waals surface area contributed by atoms with Crippen LogP contribution in [-0.4, -0.2) is 24.0 Å². The van der Waals surface area contributed by atoms with Gasteiger partial charge < -0.3 is 26.4 Å². The number of rotatable bonds is 3. The minimum atomic E-state index is 0.274. The average Bonchev–Trinajstić information content (AvgIpc) is 3.23. The monoisotopic (exact) mass is 391 g/mol. The first kappa shape index (κ1) is 16.6. The number of benzene rings is 2. The third-order valence-corrected chi connectivity index (χ3v) is 5.58. The lowest BCUT2D eigenvalue weighted by molar-refractivity contribution is 0.171. The van der Waals surface area contributed by atoms with E-state index < -0.39 is 0 Å². The van der Waals surface area contributed by atoms with Crippen LogP contribution in [0.1, 0.15) is 5.56 Å². The van der Waals surface area contributed by atoms with E-state index in [-0.39, 0.29) is 5.84 Å². The number of nitrogens with one attached hydrogen (secondary N) is 1. The summed E-state index contributed by atoms with van der Waals surface area (Å²) in [4.78, 5) is 4.83. The molecule has 0 unspecified atom stereocenters.